The van der Waals surface area contributed by atoms with Crippen molar-refractivity contribution in [3.8, 4) is 17.6 Å². The minimum absolute atomic E-state index is 0.367. The maximum absolute atomic E-state index is 9.00. The molecule has 0 aliphatic rings. The molecular weight excluding hydrogens is 264 g/mol. The number of rotatable bonds is 8. The van der Waals surface area contributed by atoms with E-state index in [1.54, 1.807) is 7.11 Å². The summed E-state index contributed by atoms with van der Waals surface area (Å²) in [5.41, 5.74) is 0.791. The number of ether oxygens (including phenoxy) is 2. The number of hydrogen-bond donors (Lipinski definition) is 1. The summed E-state index contributed by atoms with van der Waals surface area (Å²) in [5.74, 6) is 1.45. The molecule has 1 N–H and O–H groups in total. The Bertz CT molecular complexity index is 490. The molecule has 21 heavy (non-hydrogen) atoms. The first-order valence-electron chi connectivity index (χ1n) is 7.32. The second-order valence-electron chi connectivity index (χ2n) is 6.11. The zero-order chi connectivity index (χ0) is 15.9. The van der Waals surface area contributed by atoms with Crippen LogP contribution in [0.2, 0.25) is 0 Å². The molecule has 0 aromatic heterocycles. The quantitative estimate of drug-likeness (QED) is 0.796. The van der Waals surface area contributed by atoms with Gasteiger partial charge in [-0.3, -0.25) is 0 Å². The normalized spacial score (nSPS) is 11.3. The van der Waals surface area contributed by atoms with Gasteiger partial charge < -0.3 is 14.8 Å². The molecule has 0 bridgehead atoms. The standard InChI is InChI=1S/C17H26N2O2/c1-13(2)19-11-14-6-7-15(16(10-14)20-5)21-9-8-17(3,4)12-18/h6-7,10,13,19H,8-9,11H2,1-5H3. The van der Waals surface area contributed by atoms with E-state index in [1.807, 2.05) is 32.0 Å². The van der Waals surface area contributed by atoms with E-state index in [4.69, 9.17) is 14.7 Å². The molecule has 1 aromatic carbocycles. The van der Waals surface area contributed by atoms with E-state index in [0.717, 1.165) is 23.6 Å². The van der Waals surface area contributed by atoms with E-state index in [9.17, 15) is 0 Å². The van der Waals surface area contributed by atoms with Crippen molar-refractivity contribution in [2.75, 3.05) is 13.7 Å². The van der Waals surface area contributed by atoms with Gasteiger partial charge in [0.25, 0.3) is 0 Å². The minimum atomic E-state index is -0.367. The minimum Gasteiger partial charge on any atom is -0.493 e. The summed E-state index contributed by atoms with van der Waals surface area (Å²) in [7, 11) is 1.64. The van der Waals surface area contributed by atoms with Crippen LogP contribution in [-0.4, -0.2) is 19.8 Å². The van der Waals surface area contributed by atoms with Crippen molar-refractivity contribution in [2.24, 2.45) is 5.41 Å². The second kappa shape index (κ2) is 7.90. The van der Waals surface area contributed by atoms with Gasteiger partial charge in [-0.1, -0.05) is 19.9 Å². The van der Waals surface area contributed by atoms with Crippen LogP contribution in [-0.2, 0) is 6.54 Å². The maximum atomic E-state index is 9.00. The largest absolute Gasteiger partial charge is 0.493 e. The fraction of sp³-hybridized carbons (Fsp3) is 0.588. The number of hydrogen-bond acceptors (Lipinski definition) is 4. The van der Waals surface area contributed by atoms with Gasteiger partial charge in [-0.25, -0.2) is 0 Å². The molecule has 116 valence electrons. The molecule has 0 spiro atoms. The second-order valence-corrected chi connectivity index (χ2v) is 6.11. The molecule has 0 radical (unpaired) electrons. The van der Waals surface area contributed by atoms with Crippen molar-refractivity contribution < 1.29 is 9.47 Å². The van der Waals surface area contributed by atoms with Crippen molar-refractivity contribution in [1.29, 1.82) is 5.26 Å². The zero-order valence-electron chi connectivity index (χ0n) is 13.7. The van der Waals surface area contributed by atoms with Crippen LogP contribution in [0.15, 0.2) is 18.2 Å². The molecule has 0 fully saturated rings. The molecule has 0 atom stereocenters. The highest BCUT2D eigenvalue weighted by molar-refractivity contribution is 5.43. The lowest BCUT2D eigenvalue weighted by Crippen LogP contribution is -2.21. The van der Waals surface area contributed by atoms with Crippen LogP contribution in [0.5, 0.6) is 11.5 Å². The van der Waals surface area contributed by atoms with Gasteiger partial charge in [-0.15, -0.1) is 0 Å². The van der Waals surface area contributed by atoms with Crippen LogP contribution in [0.4, 0.5) is 0 Å². The Morgan fingerprint density at radius 1 is 1.29 bits per heavy atom. The van der Waals surface area contributed by atoms with Crippen molar-refractivity contribution >= 4 is 0 Å². The van der Waals surface area contributed by atoms with Gasteiger partial charge in [-0.05, 0) is 38.0 Å². The van der Waals surface area contributed by atoms with E-state index < -0.39 is 0 Å². The van der Waals surface area contributed by atoms with Gasteiger partial charge in [-0.2, -0.15) is 5.26 Å². The zero-order valence-corrected chi connectivity index (χ0v) is 13.7. The lowest BCUT2D eigenvalue weighted by molar-refractivity contribution is 0.252. The molecule has 0 unspecified atom stereocenters. The summed E-state index contributed by atoms with van der Waals surface area (Å²) in [5, 5.41) is 12.4. The summed E-state index contributed by atoms with van der Waals surface area (Å²) < 4.78 is 11.1. The fourth-order valence-electron chi connectivity index (χ4n) is 1.74. The molecule has 4 heteroatoms. The lowest BCUT2D eigenvalue weighted by atomic mass is 9.92. The number of methoxy groups -OCH3 is 1. The maximum Gasteiger partial charge on any atom is 0.161 e. The van der Waals surface area contributed by atoms with Crippen LogP contribution >= 0.6 is 0 Å². The third-order valence-electron chi connectivity index (χ3n) is 3.23. The highest BCUT2D eigenvalue weighted by atomic mass is 16.5. The van der Waals surface area contributed by atoms with E-state index in [2.05, 4.69) is 25.2 Å². The first-order chi connectivity index (χ1) is 9.88. The highest BCUT2D eigenvalue weighted by Crippen LogP contribution is 2.29. The highest BCUT2D eigenvalue weighted by Gasteiger charge is 2.17. The molecule has 1 rings (SSSR count). The SMILES string of the molecule is COc1cc(CNC(C)C)ccc1OCCC(C)(C)C#N. The van der Waals surface area contributed by atoms with E-state index in [-0.39, 0.29) is 5.41 Å². The van der Waals surface area contributed by atoms with Crippen LogP contribution < -0.4 is 14.8 Å². The van der Waals surface area contributed by atoms with Crippen LogP contribution in [0.25, 0.3) is 0 Å². The Balaban J connectivity index is 2.65. The summed E-state index contributed by atoms with van der Waals surface area (Å²) in [6.07, 6.45) is 0.684. The first kappa shape index (κ1) is 17.3. The molecule has 0 saturated heterocycles. The van der Waals surface area contributed by atoms with Crippen molar-refractivity contribution in [2.45, 2.75) is 46.7 Å². The van der Waals surface area contributed by atoms with Crippen molar-refractivity contribution in [1.82, 2.24) is 5.32 Å². The van der Waals surface area contributed by atoms with Crippen LogP contribution in [0, 0.1) is 16.7 Å². The van der Waals surface area contributed by atoms with Crippen LogP contribution in [0.1, 0.15) is 39.7 Å². The molecule has 0 aliphatic heterocycles. The molecule has 0 saturated carbocycles. The molecule has 1 aromatic rings. The average molecular weight is 290 g/mol. The third-order valence-corrected chi connectivity index (χ3v) is 3.23. The van der Waals surface area contributed by atoms with Crippen LogP contribution in [0.3, 0.4) is 0 Å². The number of benzene rings is 1. The summed E-state index contributed by atoms with van der Waals surface area (Å²) in [4.78, 5) is 0. The summed E-state index contributed by atoms with van der Waals surface area (Å²) in [6, 6.07) is 8.66. The Morgan fingerprint density at radius 3 is 2.57 bits per heavy atom. The van der Waals surface area contributed by atoms with Gasteiger partial charge in [0, 0.05) is 12.6 Å². The fourth-order valence-corrected chi connectivity index (χ4v) is 1.74. The van der Waals surface area contributed by atoms with Crippen molar-refractivity contribution in [3.63, 3.8) is 0 Å². The van der Waals surface area contributed by atoms with Crippen molar-refractivity contribution in [3.05, 3.63) is 23.8 Å². The van der Waals surface area contributed by atoms with Gasteiger partial charge >= 0.3 is 0 Å². The topological polar surface area (TPSA) is 54.3 Å². The van der Waals surface area contributed by atoms with Gasteiger partial charge in [0.15, 0.2) is 11.5 Å². The number of nitrogens with one attached hydrogen (secondary N) is 1. The Hall–Kier alpha value is -1.73. The summed E-state index contributed by atoms with van der Waals surface area (Å²) >= 11 is 0. The van der Waals surface area contributed by atoms with E-state index in [1.165, 1.54) is 0 Å². The predicted molar refractivity (Wildman–Crippen MR) is 84.5 cm³/mol. The first-order valence-corrected chi connectivity index (χ1v) is 7.32. The Labute approximate surface area is 128 Å². The van der Waals surface area contributed by atoms with E-state index >= 15 is 0 Å². The van der Waals surface area contributed by atoms with E-state index in [0.29, 0.717) is 19.1 Å². The number of nitrogens with zero attached hydrogens (tertiary/aromatic N) is 1. The monoisotopic (exact) mass is 290 g/mol. The molecule has 0 amide bonds. The lowest BCUT2D eigenvalue weighted by Gasteiger charge is -2.17. The van der Waals surface area contributed by atoms with Gasteiger partial charge in [0.1, 0.15) is 0 Å². The van der Waals surface area contributed by atoms with Gasteiger partial charge in [0.2, 0.25) is 0 Å². The molecule has 4 nitrogen and oxygen atoms in total. The average Bonchev–Trinajstić information content (AvgIpc) is 2.45. The number of nitriles is 1. The summed E-state index contributed by atoms with van der Waals surface area (Å²) in [6.45, 7) is 9.36. The third kappa shape index (κ3) is 6.05. The van der Waals surface area contributed by atoms with Gasteiger partial charge in [0.05, 0.1) is 25.2 Å². The Morgan fingerprint density at radius 2 is 2.00 bits per heavy atom. The molecule has 0 heterocycles. The predicted octanol–water partition coefficient (Wildman–Crippen LogP) is 3.51. The molecule has 0 aliphatic carbocycles. The smallest absolute Gasteiger partial charge is 0.161 e. The Kier molecular flexibility index (Phi) is 6.51. The molecular formula is C17H26N2O2.